The van der Waals surface area contributed by atoms with E-state index in [2.05, 4.69) is 17.2 Å². The summed E-state index contributed by atoms with van der Waals surface area (Å²) in [5, 5.41) is 3.33. The van der Waals surface area contributed by atoms with E-state index in [-0.39, 0.29) is 12.5 Å². The highest BCUT2D eigenvalue weighted by Gasteiger charge is 2.10. The van der Waals surface area contributed by atoms with Gasteiger partial charge in [0.1, 0.15) is 17.2 Å². The van der Waals surface area contributed by atoms with Gasteiger partial charge in [-0.2, -0.15) is 0 Å². The predicted octanol–water partition coefficient (Wildman–Crippen LogP) is 4.89. The molecule has 0 aliphatic carbocycles. The maximum Gasteiger partial charge on any atom is 0.264 e. The lowest BCUT2D eigenvalue weighted by Crippen LogP contribution is -2.19. The summed E-state index contributed by atoms with van der Waals surface area (Å²) in [5.74, 6) is 1.94. The molecule has 3 aromatic rings. The molecule has 2 aromatic carbocycles. The second kappa shape index (κ2) is 9.94. The Labute approximate surface area is 168 Å². The molecule has 1 N–H and O–H groups in total. The van der Waals surface area contributed by atoms with E-state index in [0.29, 0.717) is 24.1 Å². The van der Waals surface area contributed by atoms with Gasteiger partial charge in [-0.15, -0.1) is 0 Å². The number of carbonyl (C=O) groups excluding carboxylic acids is 1. The number of rotatable bonds is 10. The molecule has 1 heterocycles. The van der Waals surface area contributed by atoms with Crippen molar-refractivity contribution in [3.8, 4) is 17.2 Å². The number of benzene rings is 2. The smallest absolute Gasteiger partial charge is 0.264 e. The Morgan fingerprint density at radius 2 is 1.71 bits per heavy atom. The van der Waals surface area contributed by atoms with Gasteiger partial charge in [0, 0.05) is 0 Å². The Balaban J connectivity index is 1.53. The van der Waals surface area contributed by atoms with Crippen molar-refractivity contribution in [2.45, 2.75) is 26.7 Å². The number of nitrogens with zero attached hydrogens (tertiary/aromatic N) is 1. The third kappa shape index (κ3) is 5.60. The van der Waals surface area contributed by atoms with Crippen LogP contribution in [0.1, 0.15) is 26.7 Å². The van der Waals surface area contributed by atoms with E-state index in [0.717, 1.165) is 34.6 Å². The van der Waals surface area contributed by atoms with Crippen LogP contribution in [-0.4, -0.2) is 30.7 Å². The average Bonchev–Trinajstić information content (AvgIpc) is 3.09. The predicted molar refractivity (Wildman–Crippen MR) is 112 cm³/mol. The highest BCUT2D eigenvalue weighted by atomic mass is 32.1. The van der Waals surface area contributed by atoms with Gasteiger partial charge < -0.3 is 14.2 Å². The number of anilines is 1. The minimum absolute atomic E-state index is 0.0880. The molecule has 0 fully saturated rings. The summed E-state index contributed by atoms with van der Waals surface area (Å²) < 4.78 is 17.6. The third-order valence-electron chi connectivity index (χ3n) is 3.88. The Bertz CT molecular complexity index is 908. The first kappa shape index (κ1) is 19.9. The van der Waals surface area contributed by atoms with Crippen LogP contribution in [0.15, 0.2) is 42.5 Å². The zero-order valence-electron chi connectivity index (χ0n) is 16.1. The standard InChI is InChI=1S/C21H24N2O4S/c1-3-5-12-26-17-10-11-18-19(13-17)28-21(22-18)23-20(24)14-27-16-8-6-15(7-9-16)25-4-2/h6-11,13H,3-5,12,14H2,1-2H3,(H,22,23,24). The van der Waals surface area contributed by atoms with Gasteiger partial charge in [-0.05, 0) is 55.8 Å². The molecule has 0 atom stereocenters. The SMILES string of the molecule is CCCCOc1ccc2nc(NC(=O)COc3ccc(OCC)cc3)sc2c1. The summed E-state index contributed by atoms with van der Waals surface area (Å²) in [4.78, 5) is 16.6. The molecule has 0 aliphatic heterocycles. The van der Waals surface area contributed by atoms with Gasteiger partial charge >= 0.3 is 0 Å². The van der Waals surface area contributed by atoms with Gasteiger partial charge in [0.2, 0.25) is 0 Å². The molecule has 0 spiro atoms. The first-order valence-electron chi connectivity index (χ1n) is 9.37. The molecular weight excluding hydrogens is 376 g/mol. The Hall–Kier alpha value is -2.80. The number of thiazole rings is 1. The number of hydrogen-bond acceptors (Lipinski definition) is 6. The van der Waals surface area contributed by atoms with Gasteiger partial charge in [0.25, 0.3) is 5.91 Å². The number of ether oxygens (including phenoxy) is 3. The number of hydrogen-bond donors (Lipinski definition) is 1. The van der Waals surface area contributed by atoms with Crippen LogP contribution in [0.25, 0.3) is 10.2 Å². The minimum Gasteiger partial charge on any atom is -0.494 e. The summed E-state index contributed by atoms with van der Waals surface area (Å²) >= 11 is 1.41. The normalized spacial score (nSPS) is 10.6. The van der Waals surface area contributed by atoms with Crippen molar-refractivity contribution in [2.75, 3.05) is 25.1 Å². The summed E-state index contributed by atoms with van der Waals surface area (Å²) in [5.41, 5.74) is 0.829. The molecule has 0 aliphatic rings. The van der Waals surface area contributed by atoms with E-state index in [9.17, 15) is 4.79 Å². The molecule has 0 saturated carbocycles. The van der Waals surface area contributed by atoms with Crippen LogP contribution in [0.5, 0.6) is 17.2 Å². The van der Waals surface area contributed by atoms with Crippen molar-refractivity contribution in [2.24, 2.45) is 0 Å². The van der Waals surface area contributed by atoms with Crippen molar-refractivity contribution in [3.05, 3.63) is 42.5 Å². The molecule has 0 radical (unpaired) electrons. The monoisotopic (exact) mass is 400 g/mol. The summed E-state index contributed by atoms with van der Waals surface area (Å²) in [6.07, 6.45) is 2.12. The molecular formula is C21H24N2O4S. The highest BCUT2D eigenvalue weighted by molar-refractivity contribution is 7.22. The fourth-order valence-corrected chi connectivity index (χ4v) is 3.40. The van der Waals surface area contributed by atoms with Crippen LogP contribution in [0.2, 0.25) is 0 Å². The van der Waals surface area contributed by atoms with E-state index >= 15 is 0 Å². The van der Waals surface area contributed by atoms with Gasteiger partial charge in [0.15, 0.2) is 11.7 Å². The molecule has 148 valence electrons. The van der Waals surface area contributed by atoms with Crippen LogP contribution in [0.4, 0.5) is 5.13 Å². The molecule has 0 bridgehead atoms. The summed E-state index contributed by atoms with van der Waals surface area (Å²) in [7, 11) is 0. The molecule has 6 nitrogen and oxygen atoms in total. The van der Waals surface area contributed by atoms with E-state index in [1.807, 2.05) is 37.3 Å². The van der Waals surface area contributed by atoms with E-state index in [1.165, 1.54) is 11.3 Å². The Kier molecular flexibility index (Phi) is 7.08. The van der Waals surface area contributed by atoms with Crippen LogP contribution < -0.4 is 19.5 Å². The van der Waals surface area contributed by atoms with Crippen molar-refractivity contribution in [1.29, 1.82) is 0 Å². The molecule has 0 saturated heterocycles. The van der Waals surface area contributed by atoms with E-state index < -0.39 is 0 Å². The highest BCUT2D eigenvalue weighted by Crippen LogP contribution is 2.29. The fourth-order valence-electron chi connectivity index (χ4n) is 2.49. The van der Waals surface area contributed by atoms with Gasteiger partial charge in [0.05, 0.1) is 23.4 Å². The maximum atomic E-state index is 12.2. The summed E-state index contributed by atoms with van der Waals surface area (Å²) in [6.45, 7) is 5.28. The van der Waals surface area contributed by atoms with Crippen molar-refractivity contribution < 1.29 is 19.0 Å². The quantitative estimate of drug-likeness (QED) is 0.491. The molecule has 3 rings (SSSR count). The van der Waals surface area contributed by atoms with Crippen LogP contribution >= 0.6 is 11.3 Å². The van der Waals surface area contributed by atoms with Crippen LogP contribution in [0, 0.1) is 0 Å². The largest absolute Gasteiger partial charge is 0.494 e. The molecule has 0 unspecified atom stereocenters. The number of aromatic nitrogens is 1. The lowest BCUT2D eigenvalue weighted by molar-refractivity contribution is -0.118. The van der Waals surface area contributed by atoms with Gasteiger partial charge in [-0.25, -0.2) is 4.98 Å². The van der Waals surface area contributed by atoms with E-state index in [1.54, 1.807) is 12.1 Å². The fraction of sp³-hybridized carbons (Fsp3) is 0.333. The summed E-state index contributed by atoms with van der Waals surface area (Å²) in [6, 6.07) is 12.9. The van der Waals surface area contributed by atoms with Crippen LogP contribution in [0.3, 0.4) is 0 Å². The number of unbranched alkanes of at least 4 members (excludes halogenated alkanes) is 1. The molecule has 1 aromatic heterocycles. The van der Waals surface area contributed by atoms with Crippen molar-refractivity contribution in [1.82, 2.24) is 4.98 Å². The van der Waals surface area contributed by atoms with Crippen molar-refractivity contribution in [3.63, 3.8) is 0 Å². The third-order valence-corrected chi connectivity index (χ3v) is 4.81. The molecule has 7 heteroatoms. The average molecular weight is 401 g/mol. The van der Waals surface area contributed by atoms with Crippen LogP contribution in [-0.2, 0) is 4.79 Å². The molecule has 28 heavy (non-hydrogen) atoms. The topological polar surface area (TPSA) is 69.7 Å². The zero-order chi connectivity index (χ0) is 19.8. The maximum absolute atomic E-state index is 12.2. The van der Waals surface area contributed by atoms with Gasteiger partial charge in [-0.1, -0.05) is 24.7 Å². The first-order valence-corrected chi connectivity index (χ1v) is 10.2. The van der Waals surface area contributed by atoms with Crippen molar-refractivity contribution >= 4 is 32.6 Å². The van der Waals surface area contributed by atoms with E-state index in [4.69, 9.17) is 14.2 Å². The Morgan fingerprint density at radius 3 is 2.43 bits per heavy atom. The lowest BCUT2D eigenvalue weighted by Gasteiger charge is -2.07. The number of amides is 1. The second-order valence-electron chi connectivity index (χ2n) is 6.09. The number of nitrogens with one attached hydrogen (secondary N) is 1. The molecule has 1 amide bonds. The first-order chi connectivity index (χ1) is 13.7. The Morgan fingerprint density at radius 1 is 1.00 bits per heavy atom. The number of carbonyl (C=O) groups is 1. The van der Waals surface area contributed by atoms with Gasteiger partial charge in [-0.3, -0.25) is 10.1 Å². The lowest BCUT2D eigenvalue weighted by atomic mass is 10.3. The minimum atomic E-state index is -0.257. The second-order valence-corrected chi connectivity index (χ2v) is 7.12. The number of fused-ring (bicyclic) bond motifs is 1. The zero-order valence-corrected chi connectivity index (χ0v) is 16.9.